The maximum atomic E-state index is 13.3. The highest BCUT2D eigenvalue weighted by molar-refractivity contribution is 6.04. The maximum Gasteiger partial charge on any atom is 0.418 e. The van der Waals surface area contributed by atoms with E-state index in [1.165, 1.54) is 0 Å². The number of methoxy groups -OCH3 is 1. The number of esters is 1. The number of ether oxygens (including phenoxy) is 1. The van der Waals surface area contributed by atoms with Gasteiger partial charge in [0.1, 0.15) is 0 Å². The Hall–Kier alpha value is -1.98. The van der Waals surface area contributed by atoms with Gasteiger partial charge in [0.25, 0.3) is 0 Å². The van der Waals surface area contributed by atoms with E-state index in [9.17, 15) is 18.4 Å². The normalized spacial score (nSPS) is 12.8. The molecule has 2 rings (SSSR count). The molecular formula is C17H25F2NO3. The fraction of sp³-hybridized carbons (Fsp3) is 0.529. The van der Waals surface area contributed by atoms with Gasteiger partial charge in [-0.05, 0) is 24.0 Å². The van der Waals surface area contributed by atoms with Crippen molar-refractivity contribution in [1.82, 2.24) is 5.32 Å². The maximum absolute atomic E-state index is 13.3. The Morgan fingerprint density at radius 2 is 1.52 bits per heavy atom. The first-order chi connectivity index (χ1) is 10.9. The minimum atomic E-state index is -4.15. The van der Waals surface area contributed by atoms with Gasteiger partial charge >= 0.3 is 17.8 Å². The highest BCUT2D eigenvalue weighted by atomic mass is 19.3. The molecule has 23 heavy (non-hydrogen) atoms. The van der Waals surface area contributed by atoms with Crippen LogP contribution in [0.3, 0.4) is 0 Å². The molecule has 0 saturated carbocycles. The molecule has 0 heterocycles. The van der Waals surface area contributed by atoms with E-state index in [0.717, 1.165) is 18.2 Å². The van der Waals surface area contributed by atoms with Crippen LogP contribution in [-0.2, 0) is 27.2 Å². The number of carbonyl (C=O) groups excluding carboxylic acids is 2. The van der Waals surface area contributed by atoms with Crippen molar-refractivity contribution < 1.29 is 23.1 Å². The highest BCUT2D eigenvalue weighted by Gasteiger charge is 2.49. The van der Waals surface area contributed by atoms with Crippen LogP contribution in [0, 0.1) is 0 Å². The second-order valence-corrected chi connectivity index (χ2v) is 4.41. The molecule has 0 bridgehead atoms. The number of hydrogen-bond acceptors (Lipinski definition) is 3. The van der Waals surface area contributed by atoms with Crippen molar-refractivity contribution in [3.63, 3.8) is 0 Å². The monoisotopic (exact) mass is 329 g/mol. The van der Waals surface area contributed by atoms with Gasteiger partial charge in [-0.25, -0.2) is 4.79 Å². The predicted octanol–water partition coefficient (Wildman–Crippen LogP) is 3.13. The Bertz CT molecular complexity index is 493. The lowest BCUT2D eigenvalue weighted by molar-refractivity contribution is -0.175. The van der Waals surface area contributed by atoms with E-state index < -0.39 is 23.8 Å². The number of rotatable bonds is 3. The molecule has 0 saturated heterocycles. The molecule has 0 spiro atoms. The lowest BCUT2D eigenvalue weighted by Gasteiger charge is -2.17. The van der Waals surface area contributed by atoms with E-state index in [0.29, 0.717) is 12.8 Å². The molecular weight excluding hydrogens is 304 g/mol. The number of fused-ring (bicyclic) bond motifs is 1. The van der Waals surface area contributed by atoms with Crippen LogP contribution in [-0.4, -0.2) is 31.0 Å². The average Bonchev–Trinajstić information content (AvgIpc) is 2.99. The van der Waals surface area contributed by atoms with Crippen molar-refractivity contribution >= 4 is 11.9 Å². The molecule has 0 unspecified atom stereocenters. The summed E-state index contributed by atoms with van der Waals surface area (Å²) in [6.45, 7) is 8.00. The summed E-state index contributed by atoms with van der Waals surface area (Å²) < 4.78 is 30.5. The molecule has 1 N–H and O–H groups in total. The Morgan fingerprint density at radius 3 is 1.91 bits per heavy atom. The van der Waals surface area contributed by atoms with E-state index in [4.69, 9.17) is 0 Å². The van der Waals surface area contributed by atoms with Crippen molar-refractivity contribution in [2.75, 3.05) is 7.11 Å². The van der Waals surface area contributed by atoms with Crippen LogP contribution < -0.4 is 5.32 Å². The Morgan fingerprint density at radius 1 is 1.09 bits per heavy atom. The Kier molecular flexibility index (Phi) is 9.07. The van der Waals surface area contributed by atoms with Crippen molar-refractivity contribution in [3.8, 4) is 0 Å². The molecule has 4 nitrogen and oxygen atoms in total. The number of amides is 1. The molecule has 0 fully saturated rings. The predicted molar refractivity (Wildman–Crippen MR) is 85.4 cm³/mol. The molecule has 1 aromatic rings. The number of halogens is 2. The van der Waals surface area contributed by atoms with E-state index in [1.54, 1.807) is 0 Å². The first kappa shape index (κ1) is 21.0. The zero-order valence-electron chi connectivity index (χ0n) is 14.3. The highest BCUT2D eigenvalue weighted by Crippen LogP contribution is 2.23. The number of alkyl halides is 2. The Labute approximate surface area is 136 Å². The van der Waals surface area contributed by atoms with Crippen LogP contribution in [0.4, 0.5) is 8.78 Å². The average molecular weight is 329 g/mol. The molecule has 1 aliphatic rings. The molecule has 1 amide bonds. The third-order valence-electron chi connectivity index (χ3n) is 3.11. The van der Waals surface area contributed by atoms with E-state index in [-0.39, 0.29) is 0 Å². The summed E-state index contributed by atoms with van der Waals surface area (Å²) in [4.78, 5) is 22.2. The molecule has 6 heteroatoms. The SMILES string of the molecule is CC.CC.COC(=O)C(F)(F)C(=O)NC1Cc2ccccc2C1. The van der Waals surface area contributed by atoms with E-state index in [1.807, 2.05) is 52.0 Å². The van der Waals surface area contributed by atoms with Gasteiger partial charge < -0.3 is 10.1 Å². The van der Waals surface area contributed by atoms with E-state index in [2.05, 4.69) is 10.1 Å². The zero-order chi connectivity index (χ0) is 18.0. The van der Waals surface area contributed by atoms with Gasteiger partial charge in [-0.15, -0.1) is 0 Å². The van der Waals surface area contributed by atoms with Crippen LogP contribution in [0.2, 0.25) is 0 Å². The van der Waals surface area contributed by atoms with Crippen LogP contribution in [0.1, 0.15) is 38.8 Å². The first-order valence-corrected chi connectivity index (χ1v) is 7.79. The molecule has 1 aromatic carbocycles. The third-order valence-corrected chi connectivity index (χ3v) is 3.11. The molecule has 0 atom stereocenters. The first-order valence-electron chi connectivity index (χ1n) is 7.79. The van der Waals surface area contributed by atoms with Crippen molar-refractivity contribution in [2.24, 2.45) is 0 Å². The third kappa shape index (κ3) is 5.30. The molecule has 1 aliphatic carbocycles. The summed E-state index contributed by atoms with van der Waals surface area (Å²) in [6, 6.07) is 7.07. The fourth-order valence-electron chi connectivity index (χ4n) is 2.16. The second-order valence-electron chi connectivity index (χ2n) is 4.41. The van der Waals surface area contributed by atoms with Crippen molar-refractivity contribution in [2.45, 2.75) is 52.5 Å². The standard InChI is InChI=1S/C13H13F2NO3.2C2H6/c1-19-12(18)13(14,15)11(17)16-10-6-8-4-2-3-5-9(8)7-10;2*1-2/h2-5,10H,6-7H2,1H3,(H,16,17);2*1-2H3. The Balaban J connectivity index is 0.00000112. The lowest BCUT2D eigenvalue weighted by atomic mass is 10.1. The summed E-state index contributed by atoms with van der Waals surface area (Å²) in [5.41, 5.74) is 2.04. The summed E-state index contributed by atoms with van der Waals surface area (Å²) in [5.74, 6) is -7.61. The number of benzene rings is 1. The summed E-state index contributed by atoms with van der Waals surface area (Å²) in [7, 11) is 0.814. The molecule has 0 radical (unpaired) electrons. The summed E-state index contributed by atoms with van der Waals surface area (Å²) in [6.07, 6.45) is 0.971. The largest absolute Gasteiger partial charge is 0.464 e. The number of carbonyl (C=O) groups is 2. The minimum absolute atomic E-state index is 0.416. The van der Waals surface area contributed by atoms with Crippen LogP contribution in [0.15, 0.2) is 24.3 Å². The second kappa shape index (κ2) is 9.92. The van der Waals surface area contributed by atoms with Gasteiger partial charge in [-0.2, -0.15) is 8.78 Å². The molecule has 130 valence electrons. The number of hydrogen-bond donors (Lipinski definition) is 1. The van der Waals surface area contributed by atoms with Crippen LogP contribution in [0.25, 0.3) is 0 Å². The van der Waals surface area contributed by atoms with Gasteiger partial charge in [0, 0.05) is 6.04 Å². The minimum Gasteiger partial charge on any atom is -0.464 e. The van der Waals surface area contributed by atoms with Crippen molar-refractivity contribution in [1.29, 1.82) is 0 Å². The quantitative estimate of drug-likeness (QED) is 0.685. The van der Waals surface area contributed by atoms with Gasteiger partial charge in [0.15, 0.2) is 0 Å². The smallest absolute Gasteiger partial charge is 0.418 e. The fourth-order valence-corrected chi connectivity index (χ4v) is 2.16. The topological polar surface area (TPSA) is 55.4 Å². The van der Waals surface area contributed by atoms with Gasteiger partial charge in [0.2, 0.25) is 0 Å². The summed E-state index contributed by atoms with van der Waals surface area (Å²) >= 11 is 0. The molecule has 0 aromatic heterocycles. The van der Waals surface area contributed by atoms with Crippen molar-refractivity contribution in [3.05, 3.63) is 35.4 Å². The zero-order valence-corrected chi connectivity index (χ0v) is 14.3. The van der Waals surface area contributed by atoms with Gasteiger partial charge in [-0.3, -0.25) is 4.79 Å². The van der Waals surface area contributed by atoms with Gasteiger partial charge in [0.05, 0.1) is 7.11 Å². The summed E-state index contributed by atoms with van der Waals surface area (Å²) in [5, 5.41) is 2.19. The van der Waals surface area contributed by atoms with Crippen LogP contribution in [0.5, 0.6) is 0 Å². The lowest BCUT2D eigenvalue weighted by Crippen LogP contribution is -2.50. The van der Waals surface area contributed by atoms with E-state index >= 15 is 0 Å². The number of nitrogens with one attached hydrogen (secondary N) is 1. The van der Waals surface area contributed by atoms with Crippen LogP contribution >= 0.6 is 0 Å². The molecule has 0 aliphatic heterocycles. The van der Waals surface area contributed by atoms with Gasteiger partial charge in [-0.1, -0.05) is 52.0 Å².